The first kappa shape index (κ1) is 7.88. The third-order valence-corrected chi connectivity index (χ3v) is 2.71. The van der Waals surface area contributed by atoms with E-state index < -0.39 is 0 Å². The predicted octanol–water partition coefficient (Wildman–Crippen LogP) is 1.83. The number of phenolic OH excluding ortho intramolecular Hbond substituents is 1. The fourth-order valence-electron chi connectivity index (χ4n) is 1.73. The minimum absolute atomic E-state index is 0.255. The van der Waals surface area contributed by atoms with E-state index >= 15 is 0 Å². The number of furan rings is 1. The second-order valence-electron chi connectivity index (χ2n) is 3.73. The van der Waals surface area contributed by atoms with Crippen molar-refractivity contribution in [1.29, 1.82) is 0 Å². The van der Waals surface area contributed by atoms with Crippen LogP contribution in [0.4, 0.5) is 0 Å². The summed E-state index contributed by atoms with van der Waals surface area (Å²) in [6.45, 7) is 1.98. The number of phenols is 1. The van der Waals surface area contributed by atoms with Crippen LogP contribution in [0.15, 0.2) is 28.7 Å². The molecule has 3 rings (SSSR count). The van der Waals surface area contributed by atoms with Crippen LogP contribution in [0.2, 0.25) is 0 Å². The highest BCUT2D eigenvalue weighted by Gasteiger charge is 2.22. The van der Waals surface area contributed by atoms with Gasteiger partial charge in [0.2, 0.25) is 0 Å². The molecule has 1 aliphatic heterocycles. The zero-order chi connectivity index (χ0) is 9.54. The zero-order valence-electron chi connectivity index (χ0n) is 7.66. The van der Waals surface area contributed by atoms with Gasteiger partial charge in [0.15, 0.2) is 0 Å². The van der Waals surface area contributed by atoms with Gasteiger partial charge >= 0.3 is 0 Å². The minimum Gasteiger partial charge on any atom is -0.508 e. The molecule has 72 valence electrons. The number of fused-ring (bicyclic) bond motifs is 1. The van der Waals surface area contributed by atoms with E-state index in [2.05, 4.69) is 11.4 Å². The maximum absolute atomic E-state index is 9.28. The van der Waals surface area contributed by atoms with Crippen LogP contribution in [-0.4, -0.2) is 18.2 Å². The Hall–Kier alpha value is -1.48. The van der Waals surface area contributed by atoms with Gasteiger partial charge in [0, 0.05) is 30.5 Å². The molecule has 0 atom stereocenters. The summed E-state index contributed by atoms with van der Waals surface area (Å²) in [4.78, 5) is 0. The molecule has 0 spiro atoms. The highest BCUT2D eigenvalue weighted by molar-refractivity contribution is 5.79. The summed E-state index contributed by atoms with van der Waals surface area (Å²) < 4.78 is 5.65. The van der Waals surface area contributed by atoms with Gasteiger partial charge in [0.05, 0.1) is 0 Å². The van der Waals surface area contributed by atoms with E-state index in [1.54, 1.807) is 12.1 Å². The molecule has 0 bridgehead atoms. The van der Waals surface area contributed by atoms with Crippen molar-refractivity contribution in [2.45, 2.75) is 5.92 Å². The number of aromatic hydroxyl groups is 1. The Labute approximate surface area is 81.3 Å². The second-order valence-corrected chi connectivity index (χ2v) is 3.73. The van der Waals surface area contributed by atoms with Crippen molar-refractivity contribution in [3.05, 3.63) is 30.0 Å². The molecular formula is C11H11NO2. The second kappa shape index (κ2) is 2.75. The van der Waals surface area contributed by atoms with E-state index in [0.29, 0.717) is 5.92 Å². The molecule has 2 heterocycles. The summed E-state index contributed by atoms with van der Waals surface area (Å²) >= 11 is 0. The van der Waals surface area contributed by atoms with Crippen LogP contribution in [0, 0.1) is 0 Å². The average molecular weight is 189 g/mol. The van der Waals surface area contributed by atoms with Gasteiger partial charge in [-0.05, 0) is 18.2 Å². The zero-order valence-corrected chi connectivity index (χ0v) is 7.66. The van der Waals surface area contributed by atoms with E-state index in [4.69, 9.17) is 4.42 Å². The molecule has 1 aromatic heterocycles. The van der Waals surface area contributed by atoms with E-state index in [1.165, 1.54) is 0 Å². The lowest BCUT2D eigenvalue weighted by atomic mass is 10.0. The van der Waals surface area contributed by atoms with Crippen molar-refractivity contribution in [2.24, 2.45) is 0 Å². The lowest BCUT2D eigenvalue weighted by Gasteiger charge is -2.24. The lowest BCUT2D eigenvalue weighted by molar-refractivity contribution is 0.380. The van der Waals surface area contributed by atoms with Crippen LogP contribution >= 0.6 is 0 Å². The molecule has 1 aliphatic rings. The number of hydrogen-bond donors (Lipinski definition) is 2. The Kier molecular flexibility index (Phi) is 1.55. The van der Waals surface area contributed by atoms with Crippen molar-refractivity contribution >= 4 is 11.0 Å². The topological polar surface area (TPSA) is 45.4 Å². The molecule has 1 saturated heterocycles. The lowest BCUT2D eigenvalue weighted by Crippen LogP contribution is -2.39. The van der Waals surface area contributed by atoms with Crippen molar-refractivity contribution in [2.75, 3.05) is 13.1 Å². The smallest absolute Gasteiger partial charge is 0.137 e. The van der Waals surface area contributed by atoms with E-state index in [9.17, 15) is 5.11 Å². The molecule has 3 nitrogen and oxygen atoms in total. The molecule has 1 fully saturated rings. The number of rotatable bonds is 1. The first-order valence-electron chi connectivity index (χ1n) is 4.76. The Bertz CT molecular complexity index is 471. The third-order valence-electron chi connectivity index (χ3n) is 2.71. The molecule has 14 heavy (non-hydrogen) atoms. The molecule has 2 N–H and O–H groups in total. The van der Waals surface area contributed by atoms with Crippen LogP contribution in [0.5, 0.6) is 5.75 Å². The number of nitrogens with one attached hydrogen (secondary N) is 1. The SMILES string of the molecule is Oc1ccc2cc(C3CNC3)oc2c1. The quantitative estimate of drug-likeness (QED) is 0.719. The highest BCUT2D eigenvalue weighted by atomic mass is 16.3. The third kappa shape index (κ3) is 1.09. The standard InChI is InChI=1S/C11H11NO2/c13-9-2-1-7-3-10(8-5-12-6-8)14-11(7)4-9/h1-4,8,12-13H,5-6H2. The van der Waals surface area contributed by atoms with Crippen molar-refractivity contribution in [3.8, 4) is 5.75 Å². The van der Waals surface area contributed by atoms with Crippen molar-refractivity contribution in [3.63, 3.8) is 0 Å². The van der Waals surface area contributed by atoms with E-state index in [0.717, 1.165) is 29.8 Å². The largest absolute Gasteiger partial charge is 0.508 e. The summed E-state index contributed by atoms with van der Waals surface area (Å²) in [5.41, 5.74) is 0.770. The number of hydrogen-bond acceptors (Lipinski definition) is 3. The van der Waals surface area contributed by atoms with Gasteiger partial charge in [-0.1, -0.05) is 0 Å². The maximum atomic E-state index is 9.28. The molecule has 1 aromatic carbocycles. The summed E-state index contributed by atoms with van der Waals surface area (Å²) in [7, 11) is 0. The molecule has 2 aromatic rings. The fourth-order valence-corrected chi connectivity index (χ4v) is 1.73. The van der Waals surface area contributed by atoms with Gasteiger partial charge in [-0.2, -0.15) is 0 Å². The van der Waals surface area contributed by atoms with Gasteiger partial charge in [0.25, 0.3) is 0 Å². The molecule has 0 unspecified atom stereocenters. The summed E-state index contributed by atoms with van der Waals surface area (Å²) in [6, 6.07) is 7.27. The van der Waals surface area contributed by atoms with Gasteiger partial charge in [-0.3, -0.25) is 0 Å². The molecular weight excluding hydrogens is 178 g/mol. The van der Waals surface area contributed by atoms with Gasteiger partial charge in [-0.15, -0.1) is 0 Å². The summed E-state index contributed by atoms with van der Waals surface area (Å²) in [5.74, 6) is 1.78. The predicted molar refractivity (Wildman–Crippen MR) is 53.5 cm³/mol. The molecule has 0 radical (unpaired) electrons. The van der Waals surface area contributed by atoms with Crippen LogP contribution in [0.1, 0.15) is 11.7 Å². The fraction of sp³-hybridized carbons (Fsp3) is 0.273. The number of benzene rings is 1. The van der Waals surface area contributed by atoms with Crippen molar-refractivity contribution in [1.82, 2.24) is 5.32 Å². The average Bonchev–Trinajstić information content (AvgIpc) is 2.43. The monoisotopic (exact) mass is 189 g/mol. The normalized spacial score (nSPS) is 17.1. The Balaban J connectivity index is 2.10. The molecule has 3 heteroatoms. The Morgan fingerprint density at radius 3 is 2.86 bits per heavy atom. The van der Waals surface area contributed by atoms with Crippen molar-refractivity contribution < 1.29 is 9.52 Å². The first-order valence-corrected chi connectivity index (χ1v) is 4.76. The summed E-state index contributed by atoms with van der Waals surface area (Å²) in [6.07, 6.45) is 0. The maximum Gasteiger partial charge on any atom is 0.137 e. The van der Waals surface area contributed by atoms with Gasteiger partial charge in [0.1, 0.15) is 17.1 Å². The van der Waals surface area contributed by atoms with Crippen LogP contribution in [-0.2, 0) is 0 Å². The Morgan fingerprint density at radius 2 is 2.14 bits per heavy atom. The van der Waals surface area contributed by atoms with E-state index in [1.807, 2.05) is 6.07 Å². The first-order chi connectivity index (χ1) is 6.83. The summed E-state index contributed by atoms with van der Waals surface area (Å²) in [5, 5.41) is 13.5. The highest BCUT2D eigenvalue weighted by Crippen LogP contribution is 2.29. The van der Waals surface area contributed by atoms with Gasteiger partial charge < -0.3 is 14.8 Å². The molecule has 0 amide bonds. The van der Waals surface area contributed by atoms with Crippen LogP contribution < -0.4 is 5.32 Å². The minimum atomic E-state index is 0.255. The van der Waals surface area contributed by atoms with E-state index in [-0.39, 0.29) is 5.75 Å². The van der Waals surface area contributed by atoms with Crippen LogP contribution in [0.3, 0.4) is 0 Å². The molecule has 0 saturated carbocycles. The van der Waals surface area contributed by atoms with Gasteiger partial charge in [-0.25, -0.2) is 0 Å². The molecule has 0 aliphatic carbocycles. The Morgan fingerprint density at radius 1 is 1.29 bits per heavy atom. The van der Waals surface area contributed by atoms with Crippen LogP contribution in [0.25, 0.3) is 11.0 Å².